The van der Waals surface area contributed by atoms with E-state index in [4.69, 9.17) is 9.97 Å². The molecular formula is C62H40N4. The van der Waals surface area contributed by atoms with E-state index in [1.807, 2.05) is 0 Å². The van der Waals surface area contributed by atoms with Gasteiger partial charge in [-0.2, -0.15) is 0 Å². The van der Waals surface area contributed by atoms with Crippen molar-refractivity contribution >= 4 is 82.5 Å². The maximum atomic E-state index is 5.78. The lowest BCUT2D eigenvalue weighted by molar-refractivity contribution is 1.18. The summed E-state index contributed by atoms with van der Waals surface area (Å²) in [6.45, 7) is 0. The van der Waals surface area contributed by atoms with Crippen molar-refractivity contribution in [3.63, 3.8) is 0 Å². The van der Waals surface area contributed by atoms with Crippen LogP contribution in [0.3, 0.4) is 0 Å². The first kappa shape index (κ1) is 37.7. The molecule has 0 bridgehead atoms. The molecule has 66 heavy (non-hydrogen) atoms. The molecule has 0 fully saturated rings. The Morgan fingerprint density at radius 3 is 1.42 bits per heavy atom. The molecule has 0 radical (unpaired) electrons. The third-order valence-corrected chi connectivity index (χ3v) is 13.1. The van der Waals surface area contributed by atoms with Crippen LogP contribution in [0.5, 0.6) is 0 Å². The van der Waals surface area contributed by atoms with Crippen molar-refractivity contribution in [1.82, 2.24) is 14.5 Å². The average molecular weight is 841 g/mol. The van der Waals surface area contributed by atoms with Crippen LogP contribution in [0.25, 0.3) is 104 Å². The minimum Gasteiger partial charge on any atom is -0.310 e. The number of para-hydroxylation sites is 2. The molecule has 0 saturated heterocycles. The second-order valence-corrected chi connectivity index (χ2v) is 17.0. The predicted molar refractivity (Wildman–Crippen MR) is 277 cm³/mol. The highest BCUT2D eigenvalue weighted by Crippen LogP contribution is 2.44. The lowest BCUT2D eigenvalue weighted by Crippen LogP contribution is -2.09. The molecule has 11 aromatic carbocycles. The number of rotatable bonds is 7. The Labute approximate surface area is 381 Å². The Hall–Kier alpha value is -8.86. The van der Waals surface area contributed by atoms with Crippen LogP contribution in [0.4, 0.5) is 17.1 Å². The first-order chi connectivity index (χ1) is 32.7. The Morgan fingerprint density at radius 1 is 0.288 bits per heavy atom. The van der Waals surface area contributed by atoms with Crippen LogP contribution >= 0.6 is 0 Å². The van der Waals surface area contributed by atoms with E-state index in [0.717, 1.165) is 105 Å². The normalized spacial score (nSPS) is 11.6. The zero-order chi connectivity index (χ0) is 43.6. The molecule has 0 unspecified atom stereocenters. The van der Waals surface area contributed by atoms with Gasteiger partial charge in [0.05, 0.1) is 33.1 Å². The maximum absolute atomic E-state index is 5.78. The fraction of sp³-hybridized carbons (Fsp3) is 0. The number of benzene rings is 11. The van der Waals surface area contributed by atoms with Crippen LogP contribution in [-0.4, -0.2) is 14.5 Å². The van der Waals surface area contributed by atoms with Gasteiger partial charge in [0.1, 0.15) is 0 Å². The summed E-state index contributed by atoms with van der Waals surface area (Å²) in [6.07, 6.45) is 0. The molecule has 0 N–H and O–H groups in total. The maximum Gasteiger partial charge on any atom is 0.0995 e. The molecule has 2 aromatic heterocycles. The van der Waals surface area contributed by atoms with Crippen LogP contribution in [0.2, 0.25) is 0 Å². The number of hydrogen-bond donors (Lipinski definition) is 0. The third kappa shape index (κ3) is 6.22. The monoisotopic (exact) mass is 840 g/mol. The van der Waals surface area contributed by atoms with Crippen LogP contribution in [-0.2, 0) is 0 Å². The fourth-order valence-corrected chi connectivity index (χ4v) is 10.0. The summed E-state index contributed by atoms with van der Waals surface area (Å²) in [5.41, 5.74) is 17.0. The van der Waals surface area contributed by atoms with Crippen molar-refractivity contribution in [1.29, 1.82) is 0 Å². The zero-order valence-corrected chi connectivity index (χ0v) is 35.9. The van der Waals surface area contributed by atoms with Gasteiger partial charge < -0.3 is 9.47 Å². The molecule has 0 amide bonds. The number of nitrogens with zero attached hydrogens (tertiary/aromatic N) is 4. The molecule has 13 aromatic rings. The van der Waals surface area contributed by atoms with Gasteiger partial charge in [-0.05, 0) is 123 Å². The molecule has 0 aliphatic carbocycles. The van der Waals surface area contributed by atoms with Gasteiger partial charge in [0, 0.05) is 44.3 Å². The van der Waals surface area contributed by atoms with Gasteiger partial charge in [-0.15, -0.1) is 0 Å². The second-order valence-electron chi connectivity index (χ2n) is 17.0. The van der Waals surface area contributed by atoms with Gasteiger partial charge in [0.25, 0.3) is 0 Å². The van der Waals surface area contributed by atoms with Gasteiger partial charge in [0.15, 0.2) is 0 Å². The van der Waals surface area contributed by atoms with Crippen molar-refractivity contribution in [2.75, 3.05) is 4.90 Å². The topological polar surface area (TPSA) is 34.0 Å². The van der Waals surface area contributed by atoms with E-state index in [9.17, 15) is 0 Å². The van der Waals surface area contributed by atoms with E-state index < -0.39 is 0 Å². The van der Waals surface area contributed by atoms with Crippen molar-refractivity contribution in [2.24, 2.45) is 0 Å². The fourth-order valence-electron chi connectivity index (χ4n) is 10.0. The van der Waals surface area contributed by atoms with E-state index >= 15 is 0 Å². The highest BCUT2D eigenvalue weighted by molar-refractivity contribution is 6.27. The summed E-state index contributed by atoms with van der Waals surface area (Å²) in [6, 6.07) is 86.9. The van der Waals surface area contributed by atoms with Gasteiger partial charge in [-0.25, -0.2) is 9.97 Å². The highest BCUT2D eigenvalue weighted by atomic mass is 15.1. The first-order valence-corrected chi connectivity index (χ1v) is 22.5. The average Bonchev–Trinajstić information content (AvgIpc) is 3.74. The van der Waals surface area contributed by atoms with E-state index in [0.29, 0.717) is 0 Å². The van der Waals surface area contributed by atoms with Crippen molar-refractivity contribution < 1.29 is 0 Å². The van der Waals surface area contributed by atoms with Crippen LogP contribution in [0.15, 0.2) is 243 Å². The van der Waals surface area contributed by atoms with Crippen molar-refractivity contribution in [2.45, 2.75) is 0 Å². The summed E-state index contributed by atoms with van der Waals surface area (Å²) >= 11 is 0. The highest BCUT2D eigenvalue weighted by Gasteiger charge is 2.22. The Balaban J connectivity index is 1.11. The van der Waals surface area contributed by atoms with E-state index in [1.54, 1.807) is 0 Å². The van der Waals surface area contributed by atoms with Gasteiger partial charge >= 0.3 is 0 Å². The minimum absolute atomic E-state index is 0.864. The Kier molecular flexibility index (Phi) is 8.81. The molecule has 0 spiro atoms. The predicted octanol–water partition coefficient (Wildman–Crippen LogP) is 16.7. The molecule has 2 heterocycles. The van der Waals surface area contributed by atoms with Crippen molar-refractivity contribution in [3.05, 3.63) is 243 Å². The summed E-state index contributed by atoms with van der Waals surface area (Å²) < 4.78 is 2.43. The van der Waals surface area contributed by atoms with E-state index in [-0.39, 0.29) is 0 Å². The van der Waals surface area contributed by atoms with E-state index in [1.165, 1.54) is 16.7 Å². The summed E-state index contributed by atoms with van der Waals surface area (Å²) in [7, 11) is 0. The lowest BCUT2D eigenvalue weighted by Gasteiger charge is -2.26. The van der Waals surface area contributed by atoms with Crippen molar-refractivity contribution in [3.8, 4) is 39.1 Å². The number of aromatic nitrogens is 3. The molecule has 0 saturated carbocycles. The molecule has 308 valence electrons. The Bertz CT molecular complexity index is 3860. The molecule has 0 atom stereocenters. The molecular weight excluding hydrogens is 801 g/mol. The van der Waals surface area contributed by atoms with Gasteiger partial charge in [0.2, 0.25) is 0 Å². The largest absolute Gasteiger partial charge is 0.310 e. The number of fused-ring (bicyclic) bond motifs is 11. The third-order valence-electron chi connectivity index (χ3n) is 13.1. The molecule has 0 aliphatic rings. The Morgan fingerprint density at radius 2 is 0.803 bits per heavy atom. The lowest BCUT2D eigenvalue weighted by atomic mass is 9.98. The number of anilines is 3. The van der Waals surface area contributed by atoms with Crippen LogP contribution in [0.1, 0.15) is 0 Å². The second kappa shape index (κ2) is 15.4. The smallest absolute Gasteiger partial charge is 0.0995 e. The molecule has 0 aliphatic heterocycles. The molecule has 4 heteroatoms. The van der Waals surface area contributed by atoms with Gasteiger partial charge in [-0.3, -0.25) is 0 Å². The van der Waals surface area contributed by atoms with E-state index in [2.05, 4.69) is 252 Å². The summed E-state index contributed by atoms with van der Waals surface area (Å²) in [5.74, 6) is 0. The van der Waals surface area contributed by atoms with Crippen LogP contribution in [0, 0.1) is 0 Å². The number of hydrogen-bond acceptors (Lipinski definition) is 3. The zero-order valence-electron chi connectivity index (χ0n) is 35.9. The molecule has 13 rings (SSSR count). The summed E-state index contributed by atoms with van der Waals surface area (Å²) in [4.78, 5) is 13.7. The minimum atomic E-state index is 0.864. The molecule has 4 nitrogen and oxygen atoms in total. The standard InChI is InChI=1S/C62H40N4/c1-6-18-41(19-7-1)44-30-34-57-55(39-44)59-58(66(57)50-37-45(42-20-8-2-9-21-42)36-46(38-50)43-22-10-3-11-23-43)35-33-56-62(59)64-61-53-32-31-49(40-54(53)51-28-16-17-29-52(51)60(61)63-56)65(47-24-12-4-13-25-47)48-26-14-5-15-27-48/h1-40H. The first-order valence-electron chi connectivity index (χ1n) is 22.5. The van der Waals surface area contributed by atoms with Gasteiger partial charge in [-0.1, -0.05) is 164 Å². The SMILES string of the molecule is c1ccc(-c2cc(-c3ccccc3)cc(-n3c4ccc(-c5ccccc5)cc4c4c5nc6c7ccc(N(c8ccccc8)c8ccccc8)cc7c7ccccc7c6nc5ccc43)c2)cc1. The summed E-state index contributed by atoms with van der Waals surface area (Å²) in [5, 5.41) is 6.64. The van der Waals surface area contributed by atoms with Crippen LogP contribution < -0.4 is 4.90 Å². The quantitative estimate of drug-likeness (QED) is 0.118.